The van der Waals surface area contributed by atoms with Crippen molar-refractivity contribution in [2.45, 2.75) is 28.9 Å². The number of sulfone groups is 1. The van der Waals surface area contributed by atoms with E-state index < -0.39 is 47.9 Å². The Morgan fingerprint density at radius 1 is 1.00 bits per heavy atom. The van der Waals surface area contributed by atoms with Gasteiger partial charge in [0, 0.05) is 37.1 Å². The molecule has 0 amide bonds. The molecule has 3 aliphatic rings. The highest BCUT2D eigenvalue weighted by atomic mass is 35.5. The lowest BCUT2D eigenvalue weighted by atomic mass is 9.69. The third-order valence-electron chi connectivity index (χ3n) is 8.02. The van der Waals surface area contributed by atoms with E-state index in [0.717, 1.165) is 12.1 Å². The van der Waals surface area contributed by atoms with Crippen molar-refractivity contribution in [2.75, 3.05) is 45.6 Å². The highest BCUT2D eigenvalue weighted by molar-refractivity contribution is 7.92. The molecular weight excluding hydrogens is 546 g/mol. The number of nitrogens with zero attached hydrogens (tertiary/aromatic N) is 2. The van der Waals surface area contributed by atoms with Crippen molar-refractivity contribution in [2.24, 2.45) is 11.8 Å². The van der Waals surface area contributed by atoms with E-state index >= 15 is 4.39 Å². The Morgan fingerprint density at radius 3 is 2.32 bits per heavy atom. The number of hydrogen-bond donors (Lipinski definition) is 0. The zero-order valence-electron chi connectivity index (χ0n) is 20.4. The Hall–Kier alpha value is -1.79. The molecule has 12 heteroatoms. The van der Waals surface area contributed by atoms with E-state index in [2.05, 4.69) is 4.90 Å². The van der Waals surface area contributed by atoms with Gasteiger partial charge in [-0.15, -0.1) is 0 Å². The number of rotatable bonds is 5. The van der Waals surface area contributed by atoms with Crippen molar-refractivity contribution in [3.05, 3.63) is 58.6 Å². The number of fused-ring (bicyclic) bond motifs is 3. The van der Waals surface area contributed by atoms with Crippen LogP contribution in [0, 0.1) is 23.5 Å². The van der Waals surface area contributed by atoms with Crippen LogP contribution < -0.4 is 4.74 Å². The Morgan fingerprint density at radius 2 is 1.65 bits per heavy atom. The van der Waals surface area contributed by atoms with Crippen LogP contribution in [0.5, 0.6) is 5.75 Å². The summed E-state index contributed by atoms with van der Waals surface area (Å²) in [5.41, 5.74) is -0.306. The van der Waals surface area contributed by atoms with Gasteiger partial charge in [0.1, 0.15) is 10.6 Å². The smallest absolute Gasteiger partial charge is 0.214 e. The molecule has 3 atom stereocenters. The Labute approximate surface area is 221 Å². The van der Waals surface area contributed by atoms with Crippen LogP contribution in [-0.4, -0.2) is 71.6 Å². The van der Waals surface area contributed by atoms with Crippen molar-refractivity contribution >= 4 is 31.5 Å². The number of likely N-dealkylation sites (N-methyl/N-ethyl adjacent to an activating group) is 1. The fraction of sp³-hybridized carbons (Fsp3) is 0.520. The summed E-state index contributed by atoms with van der Waals surface area (Å²) in [7, 11) is -5.88. The lowest BCUT2D eigenvalue weighted by Gasteiger charge is -2.49. The standard InChI is InChI=1S/C25H29ClF2N2O5S2/c1-29-10-12-30(13-11-29)36(31,32)16-17-8-9-25(37(33,34)20-4-2-19(26)3-5-20)18(14-17)15-35-24-22(28)7-6-21(27)23(24)25/h2-7,17-18H,8-16H2,1H3/t17-,18-,25+/m1/s1. The summed E-state index contributed by atoms with van der Waals surface area (Å²) in [6.07, 6.45) is 0.364. The summed E-state index contributed by atoms with van der Waals surface area (Å²) in [6, 6.07) is 7.45. The van der Waals surface area contributed by atoms with Crippen LogP contribution in [0.15, 0.2) is 41.3 Å². The molecule has 0 bridgehead atoms. The van der Waals surface area contributed by atoms with Gasteiger partial charge in [-0.25, -0.2) is 25.6 Å². The first-order chi connectivity index (χ1) is 17.5. The van der Waals surface area contributed by atoms with E-state index in [-0.39, 0.29) is 48.0 Å². The third-order valence-corrected chi connectivity index (χ3v) is 12.9. The quantitative estimate of drug-likeness (QED) is 0.542. The van der Waals surface area contributed by atoms with Crippen molar-refractivity contribution in [3.63, 3.8) is 0 Å². The molecule has 2 aliphatic heterocycles. The van der Waals surface area contributed by atoms with Gasteiger partial charge in [-0.2, -0.15) is 4.31 Å². The van der Waals surface area contributed by atoms with Gasteiger partial charge in [-0.05, 0) is 68.6 Å². The Bertz CT molecular complexity index is 1400. The minimum Gasteiger partial charge on any atom is -0.490 e. The summed E-state index contributed by atoms with van der Waals surface area (Å²) < 4.78 is 90.3. The Kier molecular flexibility index (Phi) is 7.06. The van der Waals surface area contributed by atoms with Gasteiger partial charge in [0.25, 0.3) is 0 Å². The summed E-state index contributed by atoms with van der Waals surface area (Å²) in [4.78, 5) is 2.01. The molecule has 5 rings (SSSR count). The van der Waals surface area contributed by atoms with Crippen LogP contribution in [0.1, 0.15) is 24.8 Å². The maximum atomic E-state index is 15.4. The van der Waals surface area contributed by atoms with E-state index in [9.17, 15) is 21.2 Å². The van der Waals surface area contributed by atoms with Crippen LogP contribution in [0.4, 0.5) is 8.78 Å². The molecule has 2 aromatic rings. The number of hydrogen-bond acceptors (Lipinski definition) is 6. The minimum atomic E-state index is -4.26. The second kappa shape index (κ2) is 9.75. The summed E-state index contributed by atoms with van der Waals surface area (Å²) in [5, 5.41) is 0.343. The molecule has 2 heterocycles. The molecule has 37 heavy (non-hydrogen) atoms. The average molecular weight is 575 g/mol. The van der Waals surface area contributed by atoms with Gasteiger partial charge in [0.05, 0.1) is 22.8 Å². The minimum absolute atomic E-state index is 0.0533. The second-order valence-corrected chi connectivity index (χ2v) is 14.9. The van der Waals surface area contributed by atoms with Gasteiger partial charge < -0.3 is 9.64 Å². The van der Waals surface area contributed by atoms with Crippen LogP contribution >= 0.6 is 11.6 Å². The first-order valence-corrected chi connectivity index (χ1v) is 15.7. The highest BCUT2D eigenvalue weighted by Gasteiger charge is 2.60. The zero-order chi connectivity index (χ0) is 26.6. The molecular formula is C25H29ClF2N2O5S2. The van der Waals surface area contributed by atoms with Gasteiger partial charge in [0.2, 0.25) is 10.0 Å². The average Bonchev–Trinajstić information content (AvgIpc) is 2.86. The van der Waals surface area contributed by atoms with Gasteiger partial charge >= 0.3 is 0 Å². The van der Waals surface area contributed by atoms with Crippen molar-refractivity contribution < 1.29 is 30.4 Å². The number of piperazine rings is 1. The normalized spacial score (nSPS) is 27.2. The summed E-state index contributed by atoms with van der Waals surface area (Å²) in [5.74, 6) is -3.31. The maximum absolute atomic E-state index is 15.4. The lowest BCUT2D eigenvalue weighted by molar-refractivity contribution is 0.103. The number of halogens is 3. The summed E-state index contributed by atoms with van der Waals surface area (Å²) in [6.45, 7) is 1.94. The fourth-order valence-corrected chi connectivity index (χ4v) is 10.4. The molecule has 0 radical (unpaired) electrons. The first kappa shape index (κ1) is 26.8. The van der Waals surface area contributed by atoms with E-state index in [1.165, 1.54) is 28.6 Å². The van der Waals surface area contributed by atoms with Crippen LogP contribution in [-0.2, 0) is 24.6 Å². The maximum Gasteiger partial charge on any atom is 0.214 e. The number of sulfonamides is 1. The Balaban J connectivity index is 1.53. The predicted molar refractivity (Wildman–Crippen MR) is 136 cm³/mol. The first-order valence-electron chi connectivity index (χ1n) is 12.2. The third kappa shape index (κ3) is 4.56. The molecule has 0 spiro atoms. The molecule has 0 unspecified atom stereocenters. The SMILES string of the molecule is CN1CCN(S(=O)(=O)C[C@@H]2CC[C@@]3(S(=O)(=O)c4ccc(Cl)cc4)c4c(F)ccc(F)c4OC[C@H]3C2)CC1. The molecule has 2 aromatic carbocycles. The molecule has 2 fully saturated rings. The predicted octanol–water partition coefficient (Wildman–Crippen LogP) is 3.67. The molecule has 202 valence electrons. The van der Waals surface area contributed by atoms with E-state index in [4.69, 9.17) is 16.3 Å². The van der Waals surface area contributed by atoms with Crippen LogP contribution in [0.25, 0.3) is 0 Å². The number of benzene rings is 2. The van der Waals surface area contributed by atoms with Crippen molar-refractivity contribution in [1.29, 1.82) is 0 Å². The molecule has 7 nitrogen and oxygen atoms in total. The largest absolute Gasteiger partial charge is 0.490 e. The summed E-state index contributed by atoms with van der Waals surface area (Å²) >= 11 is 5.98. The molecule has 0 N–H and O–H groups in total. The van der Waals surface area contributed by atoms with E-state index in [0.29, 0.717) is 31.2 Å². The van der Waals surface area contributed by atoms with Crippen molar-refractivity contribution in [1.82, 2.24) is 9.21 Å². The molecule has 0 aromatic heterocycles. The molecule has 1 saturated heterocycles. The second-order valence-electron chi connectivity index (χ2n) is 10.2. The monoisotopic (exact) mass is 574 g/mol. The van der Waals surface area contributed by atoms with Crippen molar-refractivity contribution in [3.8, 4) is 5.75 Å². The van der Waals surface area contributed by atoms with Crippen LogP contribution in [0.3, 0.4) is 0 Å². The highest BCUT2D eigenvalue weighted by Crippen LogP contribution is 2.57. The van der Waals surface area contributed by atoms with Gasteiger partial charge in [0.15, 0.2) is 21.4 Å². The molecule has 1 saturated carbocycles. The van der Waals surface area contributed by atoms with E-state index in [1.807, 2.05) is 7.05 Å². The van der Waals surface area contributed by atoms with Gasteiger partial charge in [-0.1, -0.05) is 11.6 Å². The zero-order valence-corrected chi connectivity index (χ0v) is 22.8. The lowest BCUT2D eigenvalue weighted by Crippen LogP contribution is -2.53. The topological polar surface area (TPSA) is 84.0 Å². The molecule has 1 aliphatic carbocycles. The van der Waals surface area contributed by atoms with Gasteiger partial charge in [-0.3, -0.25) is 0 Å². The fourth-order valence-electron chi connectivity index (χ4n) is 6.05. The van der Waals surface area contributed by atoms with Crippen LogP contribution in [0.2, 0.25) is 5.02 Å². The number of ether oxygens (including phenoxy) is 1. The van der Waals surface area contributed by atoms with E-state index in [1.54, 1.807) is 0 Å².